The summed E-state index contributed by atoms with van der Waals surface area (Å²) in [5, 5.41) is 11.0. The van der Waals surface area contributed by atoms with Gasteiger partial charge in [-0.05, 0) is 24.6 Å². The van der Waals surface area contributed by atoms with Gasteiger partial charge in [0.15, 0.2) is 5.82 Å². The fourth-order valence-electron chi connectivity index (χ4n) is 3.11. The van der Waals surface area contributed by atoms with Crippen molar-refractivity contribution in [1.29, 1.82) is 0 Å². The molecule has 1 aliphatic heterocycles. The fourth-order valence-corrected chi connectivity index (χ4v) is 3.11. The van der Waals surface area contributed by atoms with Crippen LogP contribution in [-0.4, -0.2) is 51.3 Å². The zero-order valence-electron chi connectivity index (χ0n) is 13.7. The predicted molar refractivity (Wildman–Crippen MR) is 88.1 cm³/mol. The first-order chi connectivity index (χ1) is 12.3. The van der Waals surface area contributed by atoms with Gasteiger partial charge < -0.3 is 14.2 Å². The van der Waals surface area contributed by atoms with Crippen LogP contribution < -0.4 is 4.74 Å². The van der Waals surface area contributed by atoms with Gasteiger partial charge in [0.25, 0.3) is 5.91 Å². The number of carbonyl (C=O) groups is 1. The van der Waals surface area contributed by atoms with Crippen molar-refractivity contribution in [2.45, 2.75) is 12.3 Å². The third-order valence-electron chi connectivity index (χ3n) is 4.41. The normalized spacial score (nSPS) is 17.0. The number of para-hydroxylation sites is 1. The monoisotopic (exact) mass is 339 g/mol. The molecule has 0 bridgehead atoms. The molecular formula is C17H17N5O3. The van der Waals surface area contributed by atoms with Gasteiger partial charge in [0.2, 0.25) is 6.39 Å². The fraction of sp³-hybridized carbons (Fsp3) is 0.294. The lowest BCUT2D eigenvalue weighted by Gasteiger charge is -2.14. The van der Waals surface area contributed by atoms with Crippen molar-refractivity contribution in [2.75, 3.05) is 20.2 Å². The zero-order chi connectivity index (χ0) is 17.2. The maximum atomic E-state index is 12.7. The largest absolute Gasteiger partial charge is 0.496 e. The van der Waals surface area contributed by atoms with Crippen LogP contribution in [0.2, 0.25) is 0 Å². The van der Waals surface area contributed by atoms with Crippen molar-refractivity contribution in [3.05, 3.63) is 48.2 Å². The molecule has 0 radical (unpaired) electrons. The van der Waals surface area contributed by atoms with Crippen LogP contribution in [0, 0.1) is 0 Å². The Morgan fingerprint density at radius 3 is 3.08 bits per heavy atom. The molecule has 1 amide bonds. The van der Waals surface area contributed by atoms with E-state index < -0.39 is 0 Å². The smallest absolute Gasteiger partial charge is 0.271 e. The van der Waals surface area contributed by atoms with Crippen LogP contribution in [-0.2, 0) is 0 Å². The van der Waals surface area contributed by atoms with Crippen LogP contribution in [0.4, 0.5) is 0 Å². The molecule has 1 saturated heterocycles. The molecule has 0 spiro atoms. The molecule has 1 atom stereocenters. The second-order valence-corrected chi connectivity index (χ2v) is 5.89. The topological polar surface area (TPSA) is 97.1 Å². The first-order valence-corrected chi connectivity index (χ1v) is 8.00. The van der Waals surface area contributed by atoms with Crippen molar-refractivity contribution >= 4 is 5.91 Å². The van der Waals surface area contributed by atoms with E-state index in [0.717, 1.165) is 12.0 Å². The van der Waals surface area contributed by atoms with Gasteiger partial charge in [-0.1, -0.05) is 17.3 Å². The Balaban J connectivity index is 1.51. The minimum Gasteiger partial charge on any atom is -0.496 e. The van der Waals surface area contributed by atoms with E-state index in [0.29, 0.717) is 36.1 Å². The second-order valence-electron chi connectivity index (χ2n) is 5.89. The number of nitrogens with zero attached hydrogens (tertiary/aromatic N) is 4. The van der Waals surface area contributed by atoms with Gasteiger partial charge in [0, 0.05) is 24.6 Å². The molecule has 1 N–H and O–H groups in total. The summed E-state index contributed by atoms with van der Waals surface area (Å²) in [4.78, 5) is 18.6. The van der Waals surface area contributed by atoms with E-state index in [1.54, 1.807) is 18.1 Å². The van der Waals surface area contributed by atoms with E-state index in [1.807, 2.05) is 24.3 Å². The minimum atomic E-state index is -0.0837. The number of amides is 1. The first-order valence-electron chi connectivity index (χ1n) is 8.00. The number of H-pyrrole nitrogens is 1. The summed E-state index contributed by atoms with van der Waals surface area (Å²) in [7, 11) is 1.61. The summed E-state index contributed by atoms with van der Waals surface area (Å²) in [6, 6.07) is 9.32. The summed E-state index contributed by atoms with van der Waals surface area (Å²) < 4.78 is 10.1. The number of benzene rings is 1. The number of nitrogens with one attached hydrogen (secondary N) is 1. The van der Waals surface area contributed by atoms with E-state index in [4.69, 9.17) is 9.26 Å². The predicted octanol–water partition coefficient (Wildman–Crippen LogP) is 2.10. The molecule has 0 unspecified atom stereocenters. The summed E-state index contributed by atoms with van der Waals surface area (Å²) >= 11 is 0. The molecule has 1 fully saturated rings. The lowest BCUT2D eigenvalue weighted by molar-refractivity contribution is 0.0784. The van der Waals surface area contributed by atoms with Crippen LogP contribution >= 0.6 is 0 Å². The lowest BCUT2D eigenvalue weighted by atomic mass is 10.1. The van der Waals surface area contributed by atoms with Gasteiger partial charge in [-0.3, -0.25) is 9.89 Å². The van der Waals surface area contributed by atoms with Crippen LogP contribution in [0.25, 0.3) is 11.3 Å². The van der Waals surface area contributed by atoms with Gasteiger partial charge in [0.1, 0.15) is 11.4 Å². The van der Waals surface area contributed by atoms with Gasteiger partial charge in [-0.25, -0.2) is 0 Å². The molecule has 1 aliphatic rings. The van der Waals surface area contributed by atoms with Crippen LogP contribution in [0.1, 0.15) is 28.7 Å². The highest BCUT2D eigenvalue weighted by Crippen LogP contribution is 2.29. The molecular weight excluding hydrogens is 322 g/mol. The Kier molecular flexibility index (Phi) is 3.93. The SMILES string of the molecule is COc1ccccc1-c1cc(C(=O)N2CC[C@H](c3ncon3)C2)[nH]n1. The number of likely N-dealkylation sites (tertiary alicyclic amines) is 1. The number of rotatable bonds is 4. The third kappa shape index (κ3) is 2.86. The molecule has 3 heterocycles. The van der Waals surface area contributed by atoms with Gasteiger partial charge in [-0.15, -0.1) is 0 Å². The Morgan fingerprint density at radius 2 is 2.28 bits per heavy atom. The first kappa shape index (κ1) is 15.4. The molecule has 8 nitrogen and oxygen atoms in total. The van der Waals surface area contributed by atoms with E-state index in [-0.39, 0.29) is 11.8 Å². The van der Waals surface area contributed by atoms with Crippen molar-refractivity contribution in [3.63, 3.8) is 0 Å². The van der Waals surface area contributed by atoms with Crippen molar-refractivity contribution in [2.24, 2.45) is 0 Å². The highest BCUT2D eigenvalue weighted by Gasteiger charge is 2.31. The molecule has 1 aromatic carbocycles. The van der Waals surface area contributed by atoms with Crippen LogP contribution in [0.5, 0.6) is 5.75 Å². The van der Waals surface area contributed by atoms with Gasteiger partial charge >= 0.3 is 0 Å². The van der Waals surface area contributed by atoms with Gasteiger partial charge in [0.05, 0.1) is 12.8 Å². The molecule has 4 rings (SSSR count). The quantitative estimate of drug-likeness (QED) is 0.782. The Labute approximate surface area is 143 Å². The van der Waals surface area contributed by atoms with E-state index in [9.17, 15) is 4.79 Å². The average molecular weight is 339 g/mol. The zero-order valence-corrected chi connectivity index (χ0v) is 13.7. The third-order valence-corrected chi connectivity index (χ3v) is 4.41. The summed E-state index contributed by atoms with van der Waals surface area (Å²) in [5.74, 6) is 1.39. The molecule has 25 heavy (non-hydrogen) atoms. The number of aromatic nitrogens is 4. The summed E-state index contributed by atoms with van der Waals surface area (Å²) in [6.45, 7) is 1.22. The molecule has 0 saturated carbocycles. The van der Waals surface area contributed by atoms with E-state index >= 15 is 0 Å². The Morgan fingerprint density at radius 1 is 1.40 bits per heavy atom. The highest BCUT2D eigenvalue weighted by atomic mass is 16.5. The van der Waals surface area contributed by atoms with Gasteiger partial charge in [-0.2, -0.15) is 10.1 Å². The highest BCUT2D eigenvalue weighted by molar-refractivity contribution is 5.93. The van der Waals surface area contributed by atoms with Crippen LogP contribution in [0.15, 0.2) is 41.2 Å². The standard InChI is InChI=1S/C17H17N5O3/c1-24-15-5-3-2-4-12(15)13-8-14(20-19-13)17(23)22-7-6-11(9-22)16-18-10-25-21-16/h2-5,8,10-11H,6-7,9H2,1H3,(H,19,20)/t11-/m0/s1. The molecule has 128 valence electrons. The summed E-state index contributed by atoms with van der Waals surface area (Å²) in [5.41, 5.74) is 1.97. The number of hydrogen-bond donors (Lipinski definition) is 1. The number of methoxy groups -OCH3 is 1. The average Bonchev–Trinajstić information content (AvgIpc) is 3.41. The number of aromatic amines is 1. The van der Waals surface area contributed by atoms with Crippen LogP contribution in [0.3, 0.4) is 0 Å². The number of carbonyl (C=O) groups excluding carboxylic acids is 1. The van der Waals surface area contributed by atoms with Crippen molar-refractivity contribution in [3.8, 4) is 17.0 Å². The van der Waals surface area contributed by atoms with E-state index in [1.165, 1.54) is 6.39 Å². The summed E-state index contributed by atoms with van der Waals surface area (Å²) in [6.07, 6.45) is 2.13. The Hall–Kier alpha value is -3.16. The van der Waals surface area contributed by atoms with E-state index in [2.05, 4.69) is 20.3 Å². The number of ether oxygens (including phenoxy) is 1. The Bertz CT molecular complexity index is 874. The number of hydrogen-bond acceptors (Lipinski definition) is 6. The maximum Gasteiger partial charge on any atom is 0.271 e. The lowest BCUT2D eigenvalue weighted by Crippen LogP contribution is -2.28. The molecule has 8 heteroatoms. The van der Waals surface area contributed by atoms with Crippen molar-refractivity contribution < 1.29 is 14.1 Å². The molecule has 2 aromatic heterocycles. The van der Waals surface area contributed by atoms with Crippen molar-refractivity contribution in [1.82, 2.24) is 25.2 Å². The minimum absolute atomic E-state index is 0.0837. The molecule has 0 aliphatic carbocycles. The second kappa shape index (κ2) is 6.39. The molecule has 3 aromatic rings. The maximum absolute atomic E-state index is 12.7.